The van der Waals surface area contributed by atoms with Crippen molar-refractivity contribution in [3.63, 3.8) is 0 Å². The Bertz CT molecular complexity index is 1170. The second kappa shape index (κ2) is 5.08. The summed E-state index contributed by atoms with van der Waals surface area (Å²) >= 11 is 0. The lowest BCUT2D eigenvalue weighted by Gasteiger charge is -2.42. The molecule has 0 radical (unpaired) electrons. The molecule has 1 aliphatic heterocycles. The molecule has 6 nitrogen and oxygen atoms in total. The molecule has 1 aliphatic carbocycles. The lowest BCUT2D eigenvalue weighted by atomic mass is 9.85. The minimum atomic E-state index is -0.648. The van der Waals surface area contributed by atoms with Crippen LogP contribution in [-0.2, 0) is 16.1 Å². The maximum Gasteiger partial charge on any atom is 0.333 e. The van der Waals surface area contributed by atoms with E-state index in [4.69, 9.17) is 9.47 Å². The number of carbonyl (C=O) groups is 1. The molecule has 1 aromatic carbocycles. The molecule has 0 bridgehead atoms. The second-order valence-corrected chi connectivity index (χ2v) is 7.11. The van der Waals surface area contributed by atoms with E-state index in [1.807, 2.05) is 37.3 Å². The first-order valence-electron chi connectivity index (χ1n) is 8.60. The van der Waals surface area contributed by atoms with Crippen molar-refractivity contribution in [2.45, 2.75) is 31.6 Å². The first-order chi connectivity index (χ1) is 12.5. The van der Waals surface area contributed by atoms with E-state index in [0.717, 1.165) is 27.9 Å². The zero-order chi connectivity index (χ0) is 18.1. The Balaban J connectivity index is 1.82. The molecule has 0 saturated carbocycles. The molecule has 0 unspecified atom stereocenters. The Morgan fingerprint density at radius 1 is 1.23 bits per heavy atom. The minimum absolute atomic E-state index is 0.0121. The van der Waals surface area contributed by atoms with Crippen LogP contribution in [0, 0.1) is 0 Å². The Morgan fingerprint density at radius 3 is 2.88 bits per heavy atom. The van der Waals surface area contributed by atoms with E-state index in [0.29, 0.717) is 6.61 Å². The molecule has 0 N–H and O–H groups in total. The molecule has 132 valence electrons. The summed E-state index contributed by atoms with van der Waals surface area (Å²) in [6.07, 6.45) is 3.60. The number of aromatic nitrogens is 2. The molecular weight excluding hydrogens is 332 g/mol. The van der Waals surface area contributed by atoms with Crippen LogP contribution < -0.4 is 10.4 Å². The summed E-state index contributed by atoms with van der Waals surface area (Å²) in [5.41, 5.74) is 1.65. The molecule has 2 aliphatic rings. The van der Waals surface area contributed by atoms with E-state index in [-0.39, 0.29) is 23.9 Å². The topological polar surface area (TPSA) is 61.9 Å². The van der Waals surface area contributed by atoms with Gasteiger partial charge in [-0.05, 0) is 49.4 Å². The number of rotatable bonds is 1. The van der Waals surface area contributed by atoms with E-state index >= 15 is 0 Å². The van der Waals surface area contributed by atoms with E-state index in [1.165, 1.54) is 0 Å². The number of ether oxygens (including phenoxy) is 2. The van der Waals surface area contributed by atoms with E-state index < -0.39 is 5.60 Å². The molecule has 5 rings (SSSR count). The van der Waals surface area contributed by atoms with Crippen molar-refractivity contribution < 1.29 is 14.3 Å². The van der Waals surface area contributed by atoms with Crippen LogP contribution in [0.3, 0.4) is 0 Å². The Hall–Kier alpha value is -2.86. The number of nitrogens with zero attached hydrogens (tertiary/aromatic N) is 2. The molecule has 6 heteroatoms. The highest BCUT2D eigenvalue weighted by atomic mass is 16.5. The van der Waals surface area contributed by atoms with E-state index in [9.17, 15) is 9.59 Å². The quantitative estimate of drug-likeness (QED) is 0.677. The fourth-order valence-corrected chi connectivity index (χ4v) is 4.13. The summed E-state index contributed by atoms with van der Waals surface area (Å²) in [6, 6.07) is 9.25. The van der Waals surface area contributed by atoms with Crippen molar-refractivity contribution in [1.29, 1.82) is 0 Å². The Kier molecular flexibility index (Phi) is 3.01. The molecule has 3 aromatic rings. The molecule has 0 fully saturated rings. The van der Waals surface area contributed by atoms with E-state index in [2.05, 4.69) is 0 Å². The number of benzene rings is 1. The molecule has 0 saturated heterocycles. The van der Waals surface area contributed by atoms with Crippen LogP contribution in [0.15, 0.2) is 47.3 Å². The fourth-order valence-electron chi connectivity index (χ4n) is 4.13. The van der Waals surface area contributed by atoms with Gasteiger partial charge in [0.2, 0.25) is 0 Å². The summed E-state index contributed by atoms with van der Waals surface area (Å²) in [6.45, 7) is 2.26. The molecule has 0 amide bonds. The van der Waals surface area contributed by atoms with Gasteiger partial charge < -0.3 is 9.47 Å². The van der Waals surface area contributed by atoms with Crippen LogP contribution in [-0.4, -0.2) is 27.5 Å². The van der Waals surface area contributed by atoms with Crippen LogP contribution in [0.5, 0.6) is 5.75 Å². The van der Waals surface area contributed by atoms with Gasteiger partial charge in [-0.25, -0.2) is 4.79 Å². The summed E-state index contributed by atoms with van der Waals surface area (Å²) in [5, 5.41) is 0.938. The maximum absolute atomic E-state index is 13.4. The van der Waals surface area contributed by atoms with Crippen molar-refractivity contribution in [3.05, 3.63) is 58.7 Å². The maximum atomic E-state index is 13.4. The highest BCUT2D eigenvalue weighted by molar-refractivity contribution is 5.91. The van der Waals surface area contributed by atoms with Gasteiger partial charge in [-0.1, -0.05) is 0 Å². The molecule has 2 aromatic heterocycles. The van der Waals surface area contributed by atoms with Gasteiger partial charge in [0.1, 0.15) is 11.4 Å². The van der Waals surface area contributed by atoms with Gasteiger partial charge in [0, 0.05) is 11.8 Å². The summed E-state index contributed by atoms with van der Waals surface area (Å²) in [5.74, 6) is 0.759. The zero-order valence-electron chi connectivity index (χ0n) is 14.6. The van der Waals surface area contributed by atoms with Crippen LogP contribution in [0.25, 0.3) is 16.4 Å². The fraction of sp³-hybridized carbons (Fsp3) is 0.300. The highest BCUT2D eigenvalue weighted by Gasteiger charge is 2.43. The molecular formula is C20H18N2O4. The number of allylic oxidation sites excluding steroid dienone is 1. The zero-order valence-corrected chi connectivity index (χ0v) is 14.6. The lowest BCUT2D eigenvalue weighted by Crippen LogP contribution is -2.50. The van der Waals surface area contributed by atoms with Gasteiger partial charge in [0.05, 0.1) is 36.5 Å². The Morgan fingerprint density at radius 2 is 2.08 bits per heavy atom. The first-order valence-corrected chi connectivity index (χ1v) is 8.60. The van der Waals surface area contributed by atoms with Gasteiger partial charge in [-0.2, -0.15) is 0 Å². The van der Waals surface area contributed by atoms with Gasteiger partial charge in [-0.3, -0.25) is 13.8 Å². The third-order valence-electron chi connectivity index (χ3n) is 5.56. The van der Waals surface area contributed by atoms with Crippen molar-refractivity contribution >= 4 is 22.2 Å². The van der Waals surface area contributed by atoms with Crippen LogP contribution >= 0.6 is 0 Å². The third kappa shape index (κ3) is 1.96. The van der Waals surface area contributed by atoms with Crippen LogP contribution in [0.2, 0.25) is 0 Å². The standard InChI is InChI=1S/C20H18N2O4/c1-20-6-5-15(23)10-18(20)22-14(11-26-20)9-13-7-12-8-16(25-2)3-4-17(12)21(13)19(22)24/h3-9,18H,10-11H2,1-2H3/t18-,20+/m1/s1. The van der Waals surface area contributed by atoms with Crippen molar-refractivity contribution in [3.8, 4) is 5.75 Å². The summed E-state index contributed by atoms with van der Waals surface area (Å²) in [4.78, 5) is 25.4. The number of methoxy groups -OCH3 is 1. The van der Waals surface area contributed by atoms with Crippen molar-refractivity contribution in [1.82, 2.24) is 8.97 Å². The van der Waals surface area contributed by atoms with Crippen molar-refractivity contribution in [2.24, 2.45) is 0 Å². The number of hydrogen-bond acceptors (Lipinski definition) is 4. The van der Waals surface area contributed by atoms with Crippen molar-refractivity contribution in [2.75, 3.05) is 7.11 Å². The molecule has 26 heavy (non-hydrogen) atoms. The monoisotopic (exact) mass is 350 g/mol. The van der Waals surface area contributed by atoms with Gasteiger partial charge in [0.25, 0.3) is 0 Å². The highest BCUT2D eigenvalue weighted by Crippen LogP contribution is 2.39. The first kappa shape index (κ1) is 15.4. The van der Waals surface area contributed by atoms with Gasteiger partial charge in [-0.15, -0.1) is 0 Å². The van der Waals surface area contributed by atoms with Crippen LogP contribution in [0.4, 0.5) is 0 Å². The molecule has 3 heterocycles. The molecule has 2 atom stereocenters. The van der Waals surface area contributed by atoms with Gasteiger partial charge >= 0.3 is 5.69 Å². The average molecular weight is 350 g/mol. The average Bonchev–Trinajstić information content (AvgIpc) is 3.00. The predicted molar refractivity (Wildman–Crippen MR) is 96.7 cm³/mol. The Labute approximate surface area is 149 Å². The number of carbonyl (C=O) groups excluding carboxylic acids is 1. The molecule has 0 spiro atoms. The van der Waals surface area contributed by atoms with Gasteiger partial charge in [0.15, 0.2) is 5.78 Å². The number of hydrogen-bond donors (Lipinski definition) is 0. The normalized spacial score (nSPS) is 24.7. The van der Waals surface area contributed by atoms with Crippen LogP contribution in [0.1, 0.15) is 25.1 Å². The third-order valence-corrected chi connectivity index (χ3v) is 5.56. The van der Waals surface area contributed by atoms with E-state index in [1.54, 1.807) is 28.2 Å². The lowest BCUT2D eigenvalue weighted by molar-refractivity contribution is -0.123. The predicted octanol–water partition coefficient (Wildman–Crippen LogP) is 2.62. The smallest absolute Gasteiger partial charge is 0.333 e. The SMILES string of the molecule is COc1ccc2c(c1)cc1cc3n(c(=O)n12)[C@@H]1CC(=O)C=C[C@]1(C)OC3. The largest absolute Gasteiger partial charge is 0.497 e. The minimum Gasteiger partial charge on any atom is -0.497 e. The second-order valence-electron chi connectivity index (χ2n) is 7.11. The summed E-state index contributed by atoms with van der Waals surface area (Å²) in [7, 11) is 1.62. The number of fused-ring (bicyclic) bond motifs is 6. The summed E-state index contributed by atoms with van der Waals surface area (Å²) < 4.78 is 14.8. The number of ketones is 1.